The summed E-state index contributed by atoms with van der Waals surface area (Å²) in [7, 11) is 1.55. The molecule has 1 unspecified atom stereocenters. The van der Waals surface area contributed by atoms with Gasteiger partial charge in [0.1, 0.15) is 0 Å². The average molecular weight is 222 g/mol. The maximum absolute atomic E-state index is 9.06. The van der Waals surface area contributed by atoms with Crippen molar-refractivity contribution in [2.45, 2.75) is 13.0 Å². The monoisotopic (exact) mass is 222 g/mol. The Labute approximate surface area is 92.8 Å². The molecule has 0 saturated carbocycles. The summed E-state index contributed by atoms with van der Waals surface area (Å²) < 4.78 is 10.7. The second kappa shape index (κ2) is 4.11. The number of rotatable bonds is 3. The zero-order valence-corrected chi connectivity index (χ0v) is 9.23. The van der Waals surface area contributed by atoms with Gasteiger partial charge in [0, 0.05) is 12.5 Å². The Morgan fingerprint density at radius 3 is 2.94 bits per heavy atom. The van der Waals surface area contributed by atoms with Crippen molar-refractivity contribution >= 4 is 11.1 Å². The number of hydrogen-bond donors (Lipinski definition) is 2. The van der Waals surface area contributed by atoms with Crippen LogP contribution in [-0.2, 0) is 0 Å². The lowest BCUT2D eigenvalue weighted by atomic mass is 10.1. The van der Waals surface area contributed by atoms with Crippen LogP contribution >= 0.6 is 0 Å². The zero-order valence-electron chi connectivity index (χ0n) is 9.23. The Morgan fingerprint density at radius 2 is 2.31 bits per heavy atom. The van der Waals surface area contributed by atoms with Crippen LogP contribution in [0, 0.1) is 6.92 Å². The van der Waals surface area contributed by atoms with E-state index in [2.05, 4.69) is 4.98 Å². The van der Waals surface area contributed by atoms with Crippen LogP contribution in [0.3, 0.4) is 0 Å². The fraction of sp³-hybridized carbons (Fsp3) is 0.364. The topological polar surface area (TPSA) is 81.5 Å². The molecule has 1 aromatic heterocycles. The number of ether oxygens (including phenoxy) is 1. The lowest BCUT2D eigenvalue weighted by molar-refractivity contribution is 0.265. The van der Waals surface area contributed by atoms with E-state index in [0.717, 1.165) is 5.56 Å². The first-order valence-electron chi connectivity index (χ1n) is 4.98. The molecule has 5 heteroatoms. The molecular formula is C11H14N2O3. The van der Waals surface area contributed by atoms with Gasteiger partial charge in [-0.25, -0.2) is 4.98 Å². The highest BCUT2D eigenvalue weighted by molar-refractivity contribution is 5.81. The van der Waals surface area contributed by atoms with E-state index in [0.29, 0.717) is 22.7 Å². The van der Waals surface area contributed by atoms with Crippen LogP contribution in [0.25, 0.3) is 11.1 Å². The number of hydrogen-bond acceptors (Lipinski definition) is 5. The lowest BCUT2D eigenvalue weighted by Crippen LogP contribution is -2.15. The van der Waals surface area contributed by atoms with E-state index in [-0.39, 0.29) is 6.61 Å². The van der Waals surface area contributed by atoms with Crippen molar-refractivity contribution in [1.82, 2.24) is 4.98 Å². The summed E-state index contributed by atoms with van der Waals surface area (Å²) in [5.41, 5.74) is 7.80. The van der Waals surface area contributed by atoms with Gasteiger partial charge >= 0.3 is 0 Å². The molecule has 86 valence electrons. The summed E-state index contributed by atoms with van der Waals surface area (Å²) in [6.07, 6.45) is 0. The SMILES string of the molecule is COc1c(C(N)CO)ccc2oc(C)nc12. The summed E-state index contributed by atoms with van der Waals surface area (Å²) in [6, 6.07) is 3.09. The minimum absolute atomic E-state index is 0.140. The number of nitrogens with zero attached hydrogens (tertiary/aromatic N) is 1. The first kappa shape index (κ1) is 10.9. The number of fused-ring (bicyclic) bond motifs is 1. The quantitative estimate of drug-likeness (QED) is 0.813. The number of aliphatic hydroxyl groups is 1. The summed E-state index contributed by atoms with van der Waals surface area (Å²) >= 11 is 0. The van der Waals surface area contributed by atoms with Gasteiger partial charge in [-0.2, -0.15) is 0 Å². The Balaban J connectivity index is 2.66. The number of oxazole rings is 1. The standard InChI is InChI=1S/C11H14N2O3/c1-6-13-10-9(16-6)4-3-7(8(12)5-14)11(10)15-2/h3-4,8,14H,5,12H2,1-2H3. The Kier molecular flexibility index (Phi) is 2.80. The van der Waals surface area contributed by atoms with Gasteiger partial charge in [0.2, 0.25) is 0 Å². The van der Waals surface area contributed by atoms with E-state index < -0.39 is 6.04 Å². The highest BCUT2D eigenvalue weighted by atomic mass is 16.5. The Morgan fingerprint density at radius 1 is 1.56 bits per heavy atom. The lowest BCUT2D eigenvalue weighted by Gasteiger charge is -2.12. The smallest absolute Gasteiger partial charge is 0.192 e. The largest absolute Gasteiger partial charge is 0.494 e. The molecule has 2 aromatic rings. The fourth-order valence-electron chi connectivity index (χ4n) is 1.70. The van der Waals surface area contributed by atoms with E-state index in [1.54, 1.807) is 26.2 Å². The van der Waals surface area contributed by atoms with Crippen LogP contribution in [-0.4, -0.2) is 23.8 Å². The molecule has 1 aromatic carbocycles. The van der Waals surface area contributed by atoms with Crippen molar-refractivity contribution < 1.29 is 14.3 Å². The van der Waals surface area contributed by atoms with Crippen LogP contribution in [0.4, 0.5) is 0 Å². The summed E-state index contributed by atoms with van der Waals surface area (Å²) in [4.78, 5) is 4.23. The molecule has 0 bridgehead atoms. The molecule has 0 aliphatic heterocycles. The first-order chi connectivity index (χ1) is 7.67. The molecule has 5 nitrogen and oxygen atoms in total. The predicted octanol–water partition coefficient (Wildman–Crippen LogP) is 1.14. The van der Waals surface area contributed by atoms with Crippen LogP contribution in [0.15, 0.2) is 16.5 Å². The Hall–Kier alpha value is -1.59. The fourth-order valence-corrected chi connectivity index (χ4v) is 1.70. The second-order valence-corrected chi connectivity index (χ2v) is 3.56. The van der Waals surface area contributed by atoms with Crippen LogP contribution in [0.1, 0.15) is 17.5 Å². The summed E-state index contributed by atoms with van der Waals surface area (Å²) in [6.45, 7) is 1.63. The third kappa shape index (κ3) is 1.64. The molecule has 2 rings (SSSR count). The summed E-state index contributed by atoms with van der Waals surface area (Å²) in [5, 5.41) is 9.06. The van der Waals surface area contributed by atoms with E-state index in [9.17, 15) is 0 Å². The number of aliphatic hydroxyl groups excluding tert-OH is 1. The molecule has 0 radical (unpaired) electrons. The molecule has 0 aliphatic carbocycles. The van der Waals surface area contributed by atoms with Gasteiger partial charge < -0.3 is 20.0 Å². The first-order valence-corrected chi connectivity index (χ1v) is 4.98. The number of nitrogens with two attached hydrogens (primary N) is 1. The third-order valence-electron chi connectivity index (χ3n) is 2.45. The molecule has 0 spiro atoms. The maximum Gasteiger partial charge on any atom is 0.192 e. The van der Waals surface area contributed by atoms with Gasteiger partial charge in [0.25, 0.3) is 0 Å². The maximum atomic E-state index is 9.06. The molecule has 16 heavy (non-hydrogen) atoms. The molecular weight excluding hydrogens is 208 g/mol. The summed E-state index contributed by atoms with van der Waals surface area (Å²) in [5.74, 6) is 1.14. The molecule has 0 saturated heterocycles. The number of aromatic nitrogens is 1. The highest BCUT2D eigenvalue weighted by Gasteiger charge is 2.17. The minimum atomic E-state index is -0.476. The van der Waals surface area contributed by atoms with Crippen molar-refractivity contribution in [2.75, 3.05) is 13.7 Å². The molecule has 0 fully saturated rings. The van der Waals surface area contributed by atoms with E-state index in [1.807, 2.05) is 0 Å². The highest BCUT2D eigenvalue weighted by Crippen LogP contribution is 2.32. The Bertz CT molecular complexity index is 507. The minimum Gasteiger partial charge on any atom is -0.494 e. The molecule has 3 N–H and O–H groups in total. The van der Waals surface area contributed by atoms with Crippen molar-refractivity contribution in [3.8, 4) is 5.75 Å². The normalized spacial score (nSPS) is 13.0. The van der Waals surface area contributed by atoms with Gasteiger partial charge in [-0.3, -0.25) is 0 Å². The second-order valence-electron chi connectivity index (χ2n) is 3.56. The molecule has 1 heterocycles. The van der Waals surface area contributed by atoms with Crippen molar-refractivity contribution in [3.63, 3.8) is 0 Å². The average Bonchev–Trinajstić information content (AvgIpc) is 2.66. The van der Waals surface area contributed by atoms with E-state index in [4.69, 9.17) is 20.0 Å². The van der Waals surface area contributed by atoms with Crippen molar-refractivity contribution in [2.24, 2.45) is 5.73 Å². The molecule has 1 atom stereocenters. The number of methoxy groups -OCH3 is 1. The van der Waals surface area contributed by atoms with E-state index >= 15 is 0 Å². The molecule has 0 amide bonds. The predicted molar refractivity (Wildman–Crippen MR) is 59.3 cm³/mol. The van der Waals surface area contributed by atoms with Gasteiger partial charge in [-0.05, 0) is 12.1 Å². The number of aryl methyl sites for hydroxylation is 1. The van der Waals surface area contributed by atoms with Gasteiger partial charge in [-0.15, -0.1) is 0 Å². The van der Waals surface area contributed by atoms with Gasteiger partial charge in [-0.1, -0.05) is 0 Å². The van der Waals surface area contributed by atoms with Crippen LogP contribution in [0.2, 0.25) is 0 Å². The van der Waals surface area contributed by atoms with Gasteiger partial charge in [0.15, 0.2) is 22.7 Å². The van der Waals surface area contributed by atoms with Gasteiger partial charge in [0.05, 0.1) is 19.8 Å². The van der Waals surface area contributed by atoms with Crippen molar-refractivity contribution in [3.05, 3.63) is 23.6 Å². The number of benzene rings is 1. The zero-order chi connectivity index (χ0) is 11.7. The molecule has 0 aliphatic rings. The van der Waals surface area contributed by atoms with Crippen LogP contribution < -0.4 is 10.5 Å². The van der Waals surface area contributed by atoms with Crippen LogP contribution in [0.5, 0.6) is 5.75 Å². The van der Waals surface area contributed by atoms with E-state index in [1.165, 1.54) is 0 Å². The van der Waals surface area contributed by atoms with Crippen molar-refractivity contribution in [1.29, 1.82) is 0 Å². The third-order valence-corrected chi connectivity index (χ3v) is 2.45.